The first-order chi connectivity index (χ1) is 9.13. The van der Waals surface area contributed by atoms with Crippen molar-refractivity contribution in [3.8, 4) is 5.75 Å². The zero-order valence-corrected chi connectivity index (χ0v) is 11.8. The maximum absolute atomic E-state index is 10.5. The summed E-state index contributed by atoms with van der Waals surface area (Å²) < 4.78 is 5.29. The predicted molar refractivity (Wildman–Crippen MR) is 77.8 cm³/mol. The molecule has 0 saturated carbocycles. The van der Waals surface area contributed by atoms with Crippen LogP contribution in [0.15, 0.2) is 48.5 Å². The fraction of sp³-hybridized carbons (Fsp3) is 0.250. The molecule has 2 aromatic carbocycles. The molecule has 2 rings (SSSR count). The highest BCUT2D eigenvalue weighted by Crippen LogP contribution is 2.36. The van der Waals surface area contributed by atoms with Crippen molar-refractivity contribution in [1.82, 2.24) is 0 Å². The van der Waals surface area contributed by atoms with Crippen LogP contribution in [-0.2, 0) is 0 Å². The van der Waals surface area contributed by atoms with Gasteiger partial charge in [-0.05, 0) is 23.8 Å². The van der Waals surface area contributed by atoms with Gasteiger partial charge in [-0.25, -0.2) is 0 Å². The molecule has 0 spiro atoms. The zero-order valence-electron chi connectivity index (χ0n) is 11.0. The van der Waals surface area contributed by atoms with E-state index in [1.807, 2.05) is 37.3 Å². The summed E-state index contributed by atoms with van der Waals surface area (Å²) in [6.07, 6.45) is -0.656. The standard InChI is InChI=1S/C16H17ClO2/c1-11(12-6-4-3-5-7-12)16(18)14-10-13(17)8-9-15(14)19-2/h3-11,16,18H,1-2H3. The maximum Gasteiger partial charge on any atom is 0.124 e. The third kappa shape index (κ3) is 3.09. The molecule has 0 aliphatic rings. The summed E-state index contributed by atoms with van der Waals surface area (Å²) in [5.74, 6) is 0.619. The van der Waals surface area contributed by atoms with Crippen LogP contribution in [0.5, 0.6) is 5.75 Å². The monoisotopic (exact) mass is 276 g/mol. The van der Waals surface area contributed by atoms with Crippen molar-refractivity contribution in [2.24, 2.45) is 0 Å². The van der Waals surface area contributed by atoms with Gasteiger partial charge in [0.1, 0.15) is 5.75 Å². The van der Waals surface area contributed by atoms with Crippen LogP contribution in [-0.4, -0.2) is 12.2 Å². The number of rotatable bonds is 4. The summed E-state index contributed by atoms with van der Waals surface area (Å²) in [5.41, 5.74) is 1.79. The first-order valence-electron chi connectivity index (χ1n) is 6.20. The van der Waals surface area contributed by atoms with E-state index in [-0.39, 0.29) is 5.92 Å². The Morgan fingerprint density at radius 3 is 2.42 bits per heavy atom. The second-order valence-corrected chi connectivity index (χ2v) is 4.97. The molecule has 2 nitrogen and oxygen atoms in total. The predicted octanol–water partition coefficient (Wildman–Crippen LogP) is 4.19. The van der Waals surface area contributed by atoms with Crippen LogP contribution in [0.1, 0.15) is 30.1 Å². The highest BCUT2D eigenvalue weighted by Gasteiger charge is 2.21. The Balaban J connectivity index is 2.33. The van der Waals surface area contributed by atoms with Gasteiger partial charge in [-0.15, -0.1) is 0 Å². The zero-order chi connectivity index (χ0) is 13.8. The van der Waals surface area contributed by atoms with Crippen LogP contribution >= 0.6 is 11.6 Å². The van der Waals surface area contributed by atoms with Crippen molar-refractivity contribution in [3.63, 3.8) is 0 Å². The van der Waals surface area contributed by atoms with Crippen molar-refractivity contribution < 1.29 is 9.84 Å². The molecule has 2 unspecified atom stereocenters. The first-order valence-corrected chi connectivity index (χ1v) is 6.57. The lowest BCUT2D eigenvalue weighted by Gasteiger charge is -2.21. The molecular weight excluding hydrogens is 260 g/mol. The minimum Gasteiger partial charge on any atom is -0.496 e. The fourth-order valence-electron chi connectivity index (χ4n) is 2.14. The largest absolute Gasteiger partial charge is 0.496 e. The van der Waals surface area contributed by atoms with Crippen LogP contribution in [0, 0.1) is 0 Å². The molecule has 0 fully saturated rings. The Kier molecular flexibility index (Phi) is 4.46. The van der Waals surface area contributed by atoms with Crippen LogP contribution in [0.25, 0.3) is 0 Å². The molecule has 0 heterocycles. The molecule has 2 aromatic rings. The minimum atomic E-state index is -0.656. The van der Waals surface area contributed by atoms with E-state index < -0.39 is 6.10 Å². The Hall–Kier alpha value is -1.51. The topological polar surface area (TPSA) is 29.5 Å². The molecule has 0 aliphatic heterocycles. The molecule has 2 atom stereocenters. The molecule has 0 saturated heterocycles. The summed E-state index contributed by atoms with van der Waals surface area (Å²) in [4.78, 5) is 0. The van der Waals surface area contributed by atoms with E-state index in [2.05, 4.69) is 0 Å². The third-order valence-corrected chi connectivity index (χ3v) is 3.54. The number of halogens is 1. The number of ether oxygens (including phenoxy) is 1. The molecule has 19 heavy (non-hydrogen) atoms. The van der Waals surface area contributed by atoms with E-state index in [0.717, 1.165) is 5.56 Å². The van der Waals surface area contributed by atoms with Crippen molar-refractivity contribution in [3.05, 3.63) is 64.7 Å². The van der Waals surface area contributed by atoms with Crippen molar-refractivity contribution in [2.45, 2.75) is 18.9 Å². The fourth-order valence-corrected chi connectivity index (χ4v) is 2.33. The summed E-state index contributed by atoms with van der Waals surface area (Å²) in [5, 5.41) is 11.1. The summed E-state index contributed by atoms with van der Waals surface area (Å²) in [6, 6.07) is 15.2. The van der Waals surface area contributed by atoms with Crippen molar-refractivity contribution in [1.29, 1.82) is 0 Å². The Bertz CT molecular complexity index is 540. The Morgan fingerprint density at radius 2 is 1.79 bits per heavy atom. The summed E-state index contributed by atoms with van der Waals surface area (Å²) >= 11 is 6.00. The highest BCUT2D eigenvalue weighted by molar-refractivity contribution is 6.30. The van der Waals surface area contributed by atoms with Gasteiger partial charge in [-0.3, -0.25) is 0 Å². The quantitative estimate of drug-likeness (QED) is 0.907. The van der Waals surface area contributed by atoms with Crippen LogP contribution in [0.3, 0.4) is 0 Å². The first kappa shape index (κ1) is 13.9. The van der Waals surface area contributed by atoms with E-state index in [1.54, 1.807) is 25.3 Å². The molecule has 0 amide bonds. The van der Waals surface area contributed by atoms with Gasteiger partial charge in [0.25, 0.3) is 0 Å². The lowest BCUT2D eigenvalue weighted by molar-refractivity contribution is 0.148. The second kappa shape index (κ2) is 6.09. The Labute approximate surface area is 118 Å². The van der Waals surface area contributed by atoms with Gasteiger partial charge in [0, 0.05) is 16.5 Å². The molecule has 0 bridgehead atoms. The second-order valence-electron chi connectivity index (χ2n) is 4.53. The average Bonchev–Trinajstić information content (AvgIpc) is 2.46. The lowest BCUT2D eigenvalue weighted by Crippen LogP contribution is -2.09. The molecule has 0 aromatic heterocycles. The number of aliphatic hydroxyl groups excluding tert-OH is 1. The van der Waals surface area contributed by atoms with Crippen LogP contribution in [0.4, 0.5) is 0 Å². The number of benzene rings is 2. The summed E-state index contributed by atoms with van der Waals surface area (Å²) in [7, 11) is 1.59. The smallest absolute Gasteiger partial charge is 0.124 e. The van der Waals surface area contributed by atoms with Gasteiger partial charge in [0.15, 0.2) is 0 Å². The van der Waals surface area contributed by atoms with Gasteiger partial charge < -0.3 is 9.84 Å². The normalized spacial score (nSPS) is 13.9. The van der Waals surface area contributed by atoms with Crippen molar-refractivity contribution >= 4 is 11.6 Å². The lowest BCUT2D eigenvalue weighted by atomic mass is 9.90. The van der Waals surface area contributed by atoms with E-state index in [1.165, 1.54) is 0 Å². The molecule has 100 valence electrons. The average molecular weight is 277 g/mol. The highest BCUT2D eigenvalue weighted by atomic mass is 35.5. The minimum absolute atomic E-state index is 0.0337. The van der Waals surface area contributed by atoms with E-state index in [9.17, 15) is 5.11 Å². The number of aliphatic hydroxyl groups is 1. The number of hydrogen-bond donors (Lipinski definition) is 1. The maximum atomic E-state index is 10.5. The SMILES string of the molecule is COc1ccc(Cl)cc1C(O)C(C)c1ccccc1. The van der Waals surface area contributed by atoms with Gasteiger partial charge in [0.2, 0.25) is 0 Å². The molecule has 1 N–H and O–H groups in total. The van der Waals surface area contributed by atoms with Crippen LogP contribution in [0.2, 0.25) is 5.02 Å². The molecule has 3 heteroatoms. The Morgan fingerprint density at radius 1 is 1.11 bits per heavy atom. The number of methoxy groups -OCH3 is 1. The van der Waals surface area contributed by atoms with E-state index >= 15 is 0 Å². The van der Waals surface area contributed by atoms with Gasteiger partial charge >= 0.3 is 0 Å². The molecule has 0 radical (unpaired) electrons. The van der Waals surface area contributed by atoms with Gasteiger partial charge in [-0.1, -0.05) is 48.9 Å². The van der Waals surface area contributed by atoms with E-state index in [0.29, 0.717) is 16.3 Å². The van der Waals surface area contributed by atoms with Gasteiger partial charge in [-0.2, -0.15) is 0 Å². The molecule has 0 aliphatic carbocycles. The van der Waals surface area contributed by atoms with Crippen LogP contribution < -0.4 is 4.74 Å². The third-order valence-electron chi connectivity index (χ3n) is 3.31. The van der Waals surface area contributed by atoms with Crippen molar-refractivity contribution in [2.75, 3.05) is 7.11 Å². The van der Waals surface area contributed by atoms with Gasteiger partial charge in [0.05, 0.1) is 13.2 Å². The summed E-state index contributed by atoms with van der Waals surface area (Å²) in [6.45, 7) is 1.99. The molecular formula is C16H17ClO2. The number of hydrogen-bond acceptors (Lipinski definition) is 2. The van der Waals surface area contributed by atoms with E-state index in [4.69, 9.17) is 16.3 Å².